The van der Waals surface area contributed by atoms with Crippen molar-refractivity contribution in [3.63, 3.8) is 0 Å². The number of rotatable bonds is 3. The summed E-state index contributed by atoms with van der Waals surface area (Å²) < 4.78 is 58.2. The molecular weight excluding hydrogens is 420 g/mol. The zero-order valence-corrected chi connectivity index (χ0v) is 14.7. The molecule has 0 aliphatic carbocycles. The second kappa shape index (κ2) is 6.72. The number of hydrogen-bond donors (Lipinski definition) is 0. The van der Waals surface area contributed by atoms with Crippen LogP contribution >= 0.6 is 27.5 Å². The number of carbonyl (C=O) groups is 1. The van der Waals surface area contributed by atoms with Crippen molar-refractivity contribution in [3.05, 3.63) is 38.7 Å². The van der Waals surface area contributed by atoms with Crippen molar-refractivity contribution in [1.29, 1.82) is 0 Å². The molecule has 0 saturated heterocycles. The number of alkyl halides is 3. The van der Waals surface area contributed by atoms with Gasteiger partial charge in [-0.25, -0.2) is 9.18 Å². The van der Waals surface area contributed by atoms with Crippen molar-refractivity contribution < 1.29 is 27.1 Å². The van der Waals surface area contributed by atoms with E-state index in [1.165, 1.54) is 0 Å². The average molecular weight is 430 g/mol. The maximum atomic E-state index is 14.2. The van der Waals surface area contributed by atoms with Crippen LogP contribution in [0.25, 0.3) is 11.3 Å². The van der Waals surface area contributed by atoms with Crippen molar-refractivity contribution in [1.82, 2.24) is 9.78 Å². The van der Waals surface area contributed by atoms with Gasteiger partial charge in [0.05, 0.1) is 21.7 Å². The number of ether oxygens (including phenoxy) is 1. The molecular formula is C14H10BrClF4N2O2. The van der Waals surface area contributed by atoms with Gasteiger partial charge in [0, 0.05) is 12.6 Å². The molecule has 24 heavy (non-hydrogen) atoms. The molecule has 1 aromatic carbocycles. The van der Waals surface area contributed by atoms with Gasteiger partial charge in [-0.2, -0.15) is 18.3 Å². The maximum Gasteiger partial charge on any atom is 0.434 e. The van der Waals surface area contributed by atoms with Gasteiger partial charge in [-0.3, -0.25) is 4.68 Å². The molecule has 10 heteroatoms. The van der Waals surface area contributed by atoms with Crippen LogP contribution < -0.4 is 0 Å². The Balaban J connectivity index is 2.66. The largest absolute Gasteiger partial charge is 0.462 e. The van der Waals surface area contributed by atoms with E-state index in [2.05, 4.69) is 21.0 Å². The summed E-state index contributed by atoms with van der Waals surface area (Å²) in [5, 5.41) is 3.49. The molecule has 130 valence electrons. The summed E-state index contributed by atoms with van der Waals surface area (Å²) in [5.41, 5.74) is -1.85. The topological polar surface area (TPSA) is 44.1 Å². The molecule has 0 saturated carbocycles. The zero-order valence-electron chi connectivity index (χ0n) is 12.3. The maximum absolute atomic E-state index is 14.2. The van der Waals surface area contributed by atoms with E-state index >= 15 is 0 Å². The summed E-state index contributed by atoms with van der Waals surface area (Å²) >= 11 is 8.61. The van der Waals surface area contributed by atoms with Gasteiger partial charge < -0.3 is 4.74 Å². The minimum Gasteiger partial charge on any atom is -0.462 e. The molecule has 0 atom stereocenters. The van der Waals surface area contributed by atoms with Crippen LogP contribution in [0.1, 0.15) is 23.0 Å². The quantitative estimate of drug-likeness (QED) is 0.518. The summed E-state index contributed by atoms with van der Waals surface area (Å²) in [6.45, 7) is 1.63. The fraction of sp³-hybridized carbons (Fsp3) is 0.286. The van der Waals surface area contributed by atoms with Gasteiger partial charge in [-0.15, -0.1) is 0 Å². The smallest absolute Gasteiger partial charge is 0.434 e. The molecule has 2 rings (SSSR count). The fourth-order valence-electron chi connectivity index (χ4n) is 2.07. The van der Waals surface area contributed by atoms with Gasteiger partial charge in [-0.05, 0) is 35.0 Å². The molecule has 0 N–H and O–H groups in total. The van der Waals surface area contributed by atoms with E-state index in [9.17, 15) is 22.4 Å². The van der Waals surface area contributed by atoms with Crippen LogP contribution in [0, 0.1) is 5.82 Å². The number of aromatic nitrogens is 2. The molecule has 1 heterocycles. The number of benzene rings is 1. The lowest BCUT2D eigenvalue weighted by molar-refractivity contribution is -0.144. The van der Waals surface area contributed by atoms with Crippen LogP contribution in [0.15, 0.2) is 16.6 Å². The van der Waals surface area contributed by atoms with Gasteiger partial charge in [0.25, 0.3) is 0 Å². The third kappa shape index (κ3) is 3.41. The van der Waals surface area contributed by atoms with Gasteiger partial charge in [0.1, 0.15) is 11.5 Å². The first-order valence-corrected chi connectivity index (χ1v) is 7.71. The number of aryl methyl sites for hydroxylation is 1. The summed E-state index contributed by atoms with van der Waals surface area (Å²) in [6, 6.07) is 1.85. The third-order valence-electron chi connectivity index (χ3n) is 3.07. The van der Waals surface area contributed by atoms with Crippen molar-refractivity contribution >= 4 is 33.5 Å². The lowest BCUT2D eigenvalue weighted by Gasteiger charge is -2.08. The lowest BCUT2D eigenvalue weighted by Crippen LogP contribution is -2.12. The van der Waals surface area contributed by atoms with Gasteiger partial charge in [-0.1, -0.05) is 11.6 Å². The Bertz CT molecular complexity index is 805. The summed E-state index contributed by atoms with van der Waals surface area (Å²) in [5.74, 6) is -1.73. The first kappa shape index (κ1) is 18.7. The van der Waals surface area contributed by atoms with Crippen molar-refractivity contribution in [2.75, 3.05) is 6.61 Å². The molecule has 0 aliphatic heterocycles. The highest BCUT2D eigenvalue weighted by Gasteiger charge is 2.39. The molecule has 0 aliphatic rings. The number of carbonyl (C=O) groups excluding carboxylic acids is 1. The summed E-state index contributed by atoms with van der Waals surface area (Å²) in [6.07, 6.45) is -4.69. The van der Waals surface area contributed by atoms with E-state index < -0.39 is 28.1 Å². The van der Waals surface area contributed by atoms with Crippen LogP contribution in [0.5, 0.6) is 0 Å². The molecule has 2 aromatic rings. The third-order valence-corrected chi connectivity index (χ3v) is 4.13. The van der Waals surface area contributed by atoms with Crippen LogP contribution in [-0.2, 0) is 18.0 Å². The zero-order chi connectivity index (χ0) is 18.2. The monoisotopic (exact) mass is 428 g/mol. The Morgan fingerprint density at radius 2 is 2.04 bits per heavy atom. The lowest BCUT2D eigenvalue weighted by atomic mass is 10.1. The van der Waals surface area contributed by atoms with Crippen molar-refractivity contribution in [2.45, 2.75) is 13.1 Å². The Morgan fingerprint density at radius 1 is 1.42 bits per heavy atom. The molecule has 0 fully saturated rings. The molecule has 0 radical (unpaired) electrons. The Hall–Kier alpha value is -1.61. The highest BCUT2D eigenvalue weighted by atomic mass is 79.9. The predicted molar refractivity (Wildman–Crippen MR) is 82.3 cm³/mol. The number of halogens is 6. The normalized spacial score (nSPS) is 11.7. The van der Waals surface area contributed by atoms with E-state index in [0.717, 1.165) is 19.2 Å². The molecule has 0 bridgehead atoms. The van der Waals surface area contributed by atoms with Crippen LogP contribution in [0.3, 0.4) is 0 Å². The van der Waals surface area contributed by atoms with E-state index in [1.807, 2.05) is 0 Å². The van der Waals surface area contributed by atoms with E-state index in [4.69, 9.17) is 16.3 Å². The van der Waals surface area contributed by atoms with Gasteiger partial charge >= 0.3 is 12.1 Å². The Morgan fingerprint density at radius 3 is 2.54 bits per heavy atom. The van der Waals surface area contributed by atoms with Gasteiger partial charge in [0.2, 0.25) is 0 Å². The van der Waals surface area contributed by atoms with Crippen LogP contribution in [0.2, 0.25) is 5.02 Å². The highest BCUT2D eigenvalue weighted by molar-refractivity contribution is 9.10. The Kier molecular flexibility index (Phi) is 5.24. The first-order valence-electron chi connectivity index (χ1n) is 6.54. The minimum absolute atomic E-state index is 0.0629. The van der Waals surface area contributed by atoms with E-state index in [0.29, 0.717) is 4.68 Å². The molecule has 0 amide bonds. The molecule has 1 aromatic heterocycles. The SMILES string of the molecule is CCOC(=O)c1cc(-c2nn(C)c(C(F)(F)F)c2Br)c(F)cc1Cl. The van der Waals surface area contributed by atoms with Crippen molar-refractivity contribution in [2.24, 2.45) is 7.05 Å². The van der Waals surface area contributed by atoms with Crippen molar-refractivity contribution in [3.8, 4) is 11.3 Å². The standard InChI is InChI=1S/C14H10BrClF4N2O2/c1-3-24-13(23)6-4-7(9(17)5-8(6)16)11-10(15)12(14(18,19)20)22(2)21-11/h4-5H,3H2,1-2H3. The fourth-order valence-corrected chi connectivity index (χ4v) is 3.08. The number of hydrogen-bond acceptors (Lipinski definition) is 3. The highest BCUT2D eigenvalue weighted by Crippen LogP contribution is 2.41. The predicted octanol–water partition coefficient (Wildman–Crippen LogP) is 4.84. The summed E-state index contributed by atoms with van der Waals surface area (Å²) in [7, 11) is 1.08. The average Bonchev–Trinajstić information content (AvgIpc) is 2.73. The first-order chi connectivity index (χ1) is 11.1. The number of nitrogens with zero attached hydrogens (tertiary/aromatic N) is 2. The molecule has 4 nitrogen and oxygen atoms in total. The van der Waals surface area contributed by atoms with Crippen LogP contribution in [-0.4, -0.2) is 22.4 Å². The number of esters is 1. The van der Waals surface area contributed by atoms with Crippen LogP contribution in [0.4, 0.5) is 17.6 Å². The Labute approximate surface area is 147 Å². The minimum atomic E-state index is -4.69. The molecule has 0 unspecified atom stereocenters. The second-order valence-corrected chi connectivity index (χ2v) is 5.87. The molecule has 0 spiro atoms. The van der Waals surface area contributed by atoms with Gasteiger partial charge in [0.15, 0.2) is 5.69 Å². The van der Waals surface area contributed by atoms with E-state index in [1.54, 1.807) is 6.92 Å². The summed E-state index contributed by atoms with van der Waals surface area (Å²) in [4.78, 5) is 11.8. The van der Waals surface area contributed by atoms with E-state index in [-0.39, 0.29) is 28.5 Å². The second-order valence-electron chi connectivity index (χ2n) is 4.66.